The van der Waals surface area contributed by atoms with Gasteiger partial charge in [-0.3, -0.25) is 0 Å². The molecule has 1 unspecified atom stereocenters. The lowest BCUT2D eigenvalue weighted by molar-refractivity contribution is 0.143. The summed E-state index contributed by atoms with van der Waals surface area (Å²) in [6.07, 6.45) is 1.90. The van der Waals surface area contributed by atoms with Crippen LogP contribution in [-0.4, -0.2) is 43.8 Å². The second kappa shape index (κ2) is 5.95. The third-order valence-corrected chi connectivity index (χ3v) is 2.64. The summed E-state index contributed by atoms with van der Waals surface area (Å²) in [6.45, 7) is 7.65. The third kappa shape index (κ3) is 4.51. The number of hydrogen-bond acceptors (Lipinski definition) is 3. The number of rotatable bonds is 3. The van der Waals surface area contributed by atoms with Gasteiger partial charge in [-0.2, -0.15) is 0 Å². The lowest BCUT2D eigenvalue weighted by Crippen LogP contribution is -2.48. The Kier molecular flexibility index (Phi) is 4.88. The van der Waals surface area contributed by atoms with Crippen LogP contribution >= 0.6 is 0 Å². The highest BCUT2D eigenvalue weighted by Crippen LogP contribution is 2.11. The van der Waals surface area contributed by atoms with Crippen molar-refractivity contribution in [2.75, 3.05) is 26.7 Å². The number of nitrogens with one attached hydrogen (secondary N) is 1. The highest BCUT2D eigenvalue weighted by atomic mass is 16.5. The number of carbonyl (C=O) groups is 1. The molecule has 4 heteroatoms. The Hall–Kier alpha value is -0.770. The van der Waals surface area contributed by atoms with Gasteiger partial charge in [0.1, 0.15) is 0 Å². The molecule has 0 aromatic rings. The monoisotopic (exact) mass is 214 g/mol. The summed E-state index contributed by atoms with van der Waals surface area (Å²) in [6, 6.07) is 0.255. The average Bonchev–Trinajstić information content (AvgIpc) is 2.17. The van der Waals surface area contributed by atoms with Crippen molar-refractivity contribution >= 4 is 6.09 Å². The Morgan fingerprint density at radius 2 is 2.33 bits per heavy atom. The van der Waals surface area contributed by atoms with Crippen molar-refractivity contribution in [2.24, 2.45) is 5.92 Å². The molecular weight excluding hydrogens is 192 g/mol. The van der Waals surface area contributed by atoms with Gasteiger partial charge in [-0.05, 0) is 25.3 Å². The Morgan fingerprint density at radius 3 is 2.93 bits per heavy atom. The fourth-order valence-electron chi connectivity index (χ4n) is 2.08. The summed E-state index contributed by atoms with van der Waals surface area (Å²) < 4.78 is 4.60. The Morgan fingerprint density at radius 1 is 1.60 bits per heavy atom. The maximum atomic E-state index is 11.1. The first-order valence-corrected chi connectivity index (χ1v) is 5.68. The number of alkyl carbamates (subject to hydrolysis) is 1. The minimum absolute atomic E-state index is 0.255. The van der Waals surface area contributed by atoms with Gasteiger partial charge in [0.25, 0.3) is 0 Å². The minimum atomic E-state index is -0.314. The van der Waals surface area contributed by atoms with Crippen LogP contribution < -0.4 is 5.32 Å². The molecule has 1 N–H and O–H groups in total. The van der Waals surface area contributed by atoms with Gasteiger partial charge >= 0.3 is 6.09 Å². The summed E-state index contributed by atoms with van der Waals surface area (Å²) in [5.74, 6) is 0.682. The normalized spacial score (nSPS) is 22.8. The highest BCUT2D eigenvalue weighted by Gasteiger charge is 2.21. The van der Waals surface area contributed by atoms with Gasteiger partial charge in [-0.15, -0.1) is 0 Å². The quantitative estimate of drug-likeness (QED) is 0.773. The number of nitrogens with zero attached hydrogens (tertiary/aromatic N) is 1. The molecule has 1 atom stereocenters. The van der Waals surface area contributed by atoms with Gasteiger partial charge in [0.05, 0.1) is 7.11 Å². The van der Waals surface area contributed by atoms with Crippen LogP contribution in [0.15, 0.2) is 0 Å². The van der Waals surface area contributed by atoms with E-state index in [1.807, 2.05) is 0 Å². The zero-order valence-corrected chi connectivity index (χ0v) is 9.95. The highest BCUT2D eigenvalue weighted by molar-refractivity contribution is 5.67. The standard InChI is InChI=1S/C11H22N2O2/c1-9(2)7-13-6-4-5-10(8-13)12-11(14)15-3/h9-10H,4-8H2,1-3H3,(H,12,14). The van der Waals surface area contributed by atoms with Gasteiger partial charge in [-0.25, -0.2) is 4.79 Å². The van der Waals surface area contributed by atoms with Crippen LogP contribution in [0.2, 0.25) is 0 Å². The molecule has 1 amide bonds. The molecule has 1 aliphatic heterocycles. The lowest BCUT2D eigenvalue weighted by Gasteiger charge is -2.33. The molecule has 1 rings (SSSR count). The molecule has 0 radical (unpaired) electrons. The van der Waals surface area contributed by atoms with Gasteiger partial charge < -0.3 is 15.0 Å². The first-order valence-electron chi connectivity index (χ1n) is 5.68. The van der Waals surface area contributed by atoms with E-state index in [0.717, 1.165) is 32.5 Å². The van der Waals surface area contributed by atoms with Crippen LogP contribution in [0.1, 0.15) is 26.7 Å². The van der Waals surface area contributed by atoms with E-state index < -0.39 is 0 Å². The predicted octanol–water partition coefficient (Wildman–Crippen LogP) is 1.46. The number of likely N-dealkylation sites (tertiary alicyclic amines) is 1. The Labute approximate surface area is 92.0 Å². The fourth-order valence-corrected chi connectivity index (χ4v) is 2.08. The van der Waals surface area contributed by atoms with Crippen molar-refractivity contribution in [3.8, 4) is 0 Å². The number of carbonyl (C=O) groups excluding carboxylic acids is 1. The first-order chi connectivity index (χ1) is 7.11. The molecule has 0 aromatic carbocycles. The zero-order valence-electron chi connectivity index (χ0n) is 9.95. The van der Waals surface area contributed by atoms with Crippen molar-refractivity contribution in [1.29, 1.82) is 0 Å². The van der Waals surface area contributed by atoms with E-state index in [-0.39, 0.29) is 12.1 Å². The summed E-state index contributed by atoms with van der Waals surface area (Å²) >= 11 is 0. The van der Waals surface area contributed by atoms with Crippen molar-refractivity contribution < 1.29 is 9.53 Å². The topological polar surface area (TPSA) is 41.6 Å². The summed E-state index contributed by atoms with van der Waals surface area (Å²) in [7, 11) is 1.41. The van der Waals surface area contributed by atoms with E-state index in [1.165, 1.54) is 7.11 Å². The molecule has 0 spiro atoms. The first kappa shape index (κ1) is 12.3. The molecule has 1 aliphatic rings. The van der Waals surface area contributed by atoms with Crippen molar-refractivity contribution in [3.05, 3.63) is 0 Å². The predicted molar refractivity (Wildman–Crippen MR) is 59.8 cm³/mol. The van der Waals surface area contributed by atoms with E-state index >= 15 is 0 Å². The van der Waals surface area contributed by atoms with E-state index in [0.29, 0.717) is 5.92 Å². The van der Waals surface area contributed by atoms with Crippen LogP contribution in [0.4, 0.5) is 4.79 Å². The van der Waals surface area contributed by atoms with Crippen LogP contribution in [-0.2, 0) is 4.74 Å². The smallest absolute Gasteiger partial charge is 0.407 e. The molecule has 0 aromatic heterocycles. The molecule has 1 fully saturated rings. The zero-order chi connectivity index (χ0) is 11.3. The summed E-state index contributed by atoms with van der Waals surface area (Å²) in [5, 5.41) is 2.87. The number of methoxy groups -OCH3 is 1. The SMILES string of the molecule is COC(=O)NC1CCCN(CC(C)C)C1. The molecule has 0 aliphatic carbocycles. The van der Waals surface area contributed by atoms with E-state index in [1.54, 1.807) is 0 Å². The summed E-state index contributed by atoms with van der Waals surface area (Å²) in [4.78, 5) is 13.5. The number of piperidine rings is 1. The maximum Gasteiger partial charge on any atom is 0.407 e. The molecule has 0 saturated carbocycles. The molecule has 88 valence electrons. The molecule has 1 saturated heterocycles. The molecule has 15 heavy (non-hydrogen) atoms. The molecule has 4 nitrogen and oxygen atoms in total. The molecule has 1 heterocycles. The number of ether oxygens (including phenoxy) is 1. The van der Waals surface area contributed by atoms with Crippen LogP contribution in [0.25, 0.3) is 0 Å². The summed E-state index contributed by atoms with van der Waals surface area (Å²) in [5.41, 5.74) is 0. The second-order valence-electron chi connectivity index (χ2n) is 4.63. The Bertz CT molecular complexity index is 207. The van der Waals surface area contributed by atoms with E-state index in [4.69, 9.17) is 0 Å². The largest absolute Gasteiger partial charge is 0.453 e. The minimum Gasteiger partial charge on any atom is -0.453 e. The maximum absolute atomic E-state index is 11.1. The van der Waals surface area contributed by atoms with Gasteiger partial charge in [0.15, 0.2) is 0 Å². The number of hydrogen-bond donors (Lipinski definition) is 1. The van der Waals surface area contributed by atoms with Crippen molar-refractivity contribution in [3.63, 3.8) is 0 Å². The van der Waals surface area contributed by atoms with Gasteiger partial charge in [-0.1, -0.05) is 13.8 Å². The van der Waals surface area contributed by atoms with Gasteiger partial charge in [0.2, 0.25) is 0 Å². The second-order valence-corrected chi connectivity index (χ2v) is 4.63. The average molecular weight is 214 g/mol. The fraction of sp³-hybridized carbons (Fsp3) is 0.909. The molecule has 0 bridgehead atoms. The van der Waals surface area contributed by atoms with Crippen LogP contribution in [0.3, 0.4) is 0 Å². The molecular formula is C11H22N2O2. The number of amides is 1. The third-order valence-electron chi connectivity index (χ3n) is 2.64. The van der Waals surface area contributed by atoms with Crippen LogP contribution in [0, 0.1) is 5.92 Å². The van der Waals surface area contributed by atoms with Gasteiger partial charge in [0, 0.05) is 19.1 Å². The van der Waals surface area contributed by atoms with Crippen molar-refractivity contribution in [2.45, 2.75) is 32.7 Å². The lowest BCUT2D eigenvalue weighted by atomic mass is 10.0. The van der Waals surface area contributed by atoms with Crippen LogP contribution in [0.5, 0.6) is 0 Å². The van der Waals surface area contributed by atoms with Crippen molar-refractivity contribution in [1.82, 2.24) is 10.2 Å². The van der Waals surface area contributed by atoms with E-state index in [2.05, 4.69) is 28.8 Å². The van der Waals surface area contributed by atoms with E-state index in [9.17, 15) is 4.79 Å². The Balaban J connectivity index is 2.32.